The van der Waals surface area contributed by atoms with Crippen LogP contribution in [0.15, 0.2) is 48.5 Å². The van der Waals surface area contributed by atoms with Crippen LogP contribution >= 0.6 is 11.6 Å². The normalized spacial score (nSPS) is 21.7. The van der Waals surface area contributed by atoms with Crippen LogP contribution in [0.25, 0.3) is 0 Å². The van der Waals surface area contributed by atoms with Crippen LogP contribution in [-0.4, -0.2) is 29.2 Å². The van der Waals surface area contributed by atoms with Crippen LogP contribution in [0, 0.1) is 0 Å². The number of nitrogens with one attached hydrogen (secondary N) is 1. The Morgan fingerprint density at radius 2 is 1.96 bits per heavy atom. The molecule has 1 aliphatic heterocycles. The molecular weight excluding hydrogens is 352 g/mol. The highest BCUT2D eigenvalue weighted by Crippen LogP contribution is 2.39. The molecule has 2 aliphatic rings. The van der Waals surface area contributed by atoms with Gasteiger partial charge in [0.15, 0.2) is 5.78 Å². The molecular formula is C20H17ClN2O3. The summed E-state index contributed by atoms with van der Waals surface area (Å²) in [5.74, 6) is -0.679. The van der Waals surface area contributed by atoms with Gasteiger partial charge in [-0.1, -0.05) is 48.0 Å². The van der Waals surface area contributed by atoms with Crippen molar-refractivity contribution in [1.82, 2.24) is 10.2 Å². The molecule has 1 fully saturated rings. The molecule has 0 bridgehead atoms. The van der Waals surface area contributed by atoms with E-state index in [2.05, 4.69) is 5.32 Å². The number of amides is 3. The van der Waals surface area contributed by atoms with Gasteiger partial charge < -0.3 is 5.32 Å². The van der Waals surface area contributed by atoms with E-state index in [-0.39, 0.29) is 18.2 Å². The Morgan fingerprint density at radius 1 is 1.15 bits per heavy atom. The van der Waals surface area contributed by atoms with E-state index in [1.54, 1.807) is 18.2 Å². The number of aryl methyl sites for hydroxylation is 1. The Kier molecular flexibility index (Phi) is 4.04. The Labute approximate surface area is 155 Å². The van der Waals surface area contributed by atoms with E-state index in [4.69, 9.17) is 11.6 Å². The van der Waals surface area contributed by atoms with E-state index in [0.29, 0.717) is 17.0 Å². The van der Waals surface area contributed by atoms with Crippen molar-refractivity contribution in [3.8, 4) is 0 Å². The monoisotopic (exact) mass is 368 g/mol. The molecule has 0 radical (unpaired) electrons. The molecule has 1 aliphatic carbocycles. The lowest BCUT2D eigenvalue weighted by molar-refractivity contribution is -0.131. The summed E-state index contributed by atoms with van der Waals surface area (Å²) in [5, 5.41) is 3.29. The molecule has 26 heavy (non-hydrogen) atoms. The van der Waals surface area contributed by atoms with Crippen LogP contribution < -0.4 is 5.32 Å². The first-order chi connectivity index (χ1) is 12.5. The minimum atomic E-state index is -1.06. The first-order valence-electron chi connectivity index (χ1n) is 8.52. The molecule has 1 saturated heterocycles. The average Bonchev–Trinajstić information content (AvgIpc) is 2.87. The van der Waals surface area contributed by atoms with E-state index in [1.807, 2.05) is 24.3 Å². The van der Waals surface area contributed by atoms with Gasteiger partial charge >= 0.3 is 6.03 Å². The maximum absolute atomic E-state index is 13.2. The summed E-state index contributed by atoms with van der Waals surface area (Å²) in [7, 11) is 0. The third kappa shape index (κ3) is 2.59. The third-order valence-corrected chi connectivity index (χ3v) is 5.33. The van der Waals surface area contributed by atoms with Crippen molar-refractivity contribution in [2.24, 2.45) is 0 Å². The first kappa shape index (κ1) is 16.8. The van der Waals surface area contributed by atoms with Gasteiger partial charge in [0.05, 0.1) is 6.54 Å². The van der Waals surface area contributed by atoms with Crippen LogP contribution in [0.2, 0.25) is 5.02 Å². The predicted molar refractivity (Wildman–Crippen MR) is 97.1 cm³/mol. The Bertz CT molecular complexity index is 927. The fourth-order valence-electron chi connectivity index (χ4n) is 3.85. The van der Waals surface area contributed by atoms with Crippen molar-refractivity contribution >= 4 is 29.3 Å². The van der Waals surface area contributed by atoms with Gasteiger partial charge in [-0.25, -0.2) is 4.79 Å². The van der Waals surface area contributed by atoms with Gasteiger partial charge in [0.1, 0.15) is 5.54 Å². The molecule has 5 nitrogen and oxygen atoms in total. The standard InChI is InChI=1S/C20H17ClN2O3/c21-15-8-3-6-14(11-15)17(24)12-23-18(25)20(22-19(23)26)10-4-7-13-5-1-2-9-16(13)20/h1-3,5-6,8-9,11H,4,7,10,12H2,(H,22,26)/t20-/m0/s1. The van der Waals surface area contributed by atoms with Gasteiger partial charge in [0, 0.05) is 10.6 Å². The summed E-state index contributed by atoms with van der Waals surface area (Å²) in [4.78, 5) is 39.2. The minimum absolute atomic E-state index is 0.297. The quantitative estimate of drug-likeness (QED) is 0.667. The number of ketones is 1. The van der Waals surface area contributed by atoms with E-state index in [0.717, 1.165) is 28.9 Å². The highest BCUT2D eigenvalue weighted by Gasteiger charge is 2.54. The van der Waals surface area contributed by atoms with Gasteiger partial charge in [-0.2, -0.15) is 0 Å². The van der Waals surface area contributed by atoms with E-state index < -0.39 is 11.6 Å². The lowest BCUT2D eigenvalue weighted by Crippen LogP contribution is -2.46. The Morgan fingerprint density at radius 3 is 2.77 bits per heavy atom. The summed E-state index contributed by atoms with van der Waals surface area (Å²) in [5.41, 5.74) is 1.22. The number of fused-ring (bicyclic) bond motifs is 2. The SMILES string of the molecule is O=C(CN1C(=O)N[C@]2(CCCc3ccccc32)C1=O)c1cccc(Cl)c1. The van der Waals surface area contributed by atoms with Crippen molar-refractivity contribution in [1.29, 1.82) is 0 Å². The topological polar surface area (TPSA) is 66.5 Å². The van der Waals surface area contributed by atoms with Gasteiger partial charge in [-0.05, 0) is 42.5 Å². The smallest absolute Gasteiger partial charge is 0.319 e. The summed E-state index contributed by atoms with van der Waals surface area (Å²) < 4.78 is 0. The fourth-order valence-corrected chi connectivity index (χ4v) is 4.04. The molecule has 2 aromatic carbocycles. The summed E-state index contributed by atoms with van der Waals surface area (Å²) in [6.45, 7) is -0.297. The molecule has 6 heteroatoms. The van der Waals surface area contributed by atoms with Gasteiger partial charge in [0.25, 0.3) is 5.91 Å². The molecule has 0 saturated carbocycles. The number of benzene rings is 2. The molecule has 1 N–H and O–H groups in total. The van der Waals surface area contributed by atoms with Crippen molar-refractivity contribution in [2.45, 2.75) is 24.8 Å². The summed E-state index contributed by atoms with van der Waals surface area (Å²) in [6.07, 6.45) is 2.22. The lowest BCUT2D eigenvalue weighted by atomic mass is 9.76. The third-order valence-electron chi connectivity index (χ3n) is 5.10. The number of hydrogen-bond donors (Lipinski definition) is 1. The lowest BCUT2D eigenvalue weighted by Gasteiger charge is -2.33. The number of urea groups is 1. The number of carbonyl (C=O) groups excluding carboxylic acids is 3. The van der Waals surface area contributed by atoms with Crippen LogP contribution in [0.5, 0.6) is 0 Å². The van der Waals surface area contributed by atoms with Crippen LogP contribution in [-0.2, 0) is 16.8 Å². The van der Waals surface area contributed by atoms with E-state index >= 15 is 0 Å². The van der Waals surface area contributed by atoms with Crippen molar-refractivity contribution in [3.63, 3.8) is 0 Å². The predicted octanol–water partition coefficient (Wildman–Crippen LogP) is 3.31. The zero-order valence-electron chi connectivity index (χ0n) is 14.0. The summed E-state index contributed by atoms with van der Waals surface area (Å²) in [6, 6.07) is 13.6. The fraction of sp³-hybridized carbons (Fsp3) is 0.250. The van der Waals surface area contributed by atoms with Gasteiger partial charge in [-0.15, -0.1) is 0 Å². The number of hydrogen-bond acceptors (Lipinski definition) is 3. The van der Waals surface area contributed by atoms with Crippen LogP contribution in [0.4, 0.5) is 4.79 Å². The van der Waals surface area contributed by atoms with E-state index in [9.17, 15) is 14.4 Å². The largest absolute Gasteiger partial charge is 0.325 e. The number of halogens is 1. The molecule has 3 amide bonds. The Balaban J connectivity index is 1.64. The molecule has 0 aromatic heterocycles. The molecule has 1 spiro atoms. The van der Waals surface area contributed by atoms with Crippen molar-refractivity contribution in [2.75, 3.05) is 6.54 Å². The number of Topliss-reactive ketones (excluding diaryl/α,β-unsaturated/α-hetero) is 1. The zero-order chi connectivity index (χ0) is 18.3. The summed E-state index contributed by atoms with van der Waals surface area (Å²) >= 11 is 5.92. The maximum atomic E-state index is 13.2. The second kappa shape index (κ2) is 6.25. The zero-order valence-corrected chi connectivity index (χ0v) is 14.8. The second-order valence-corrected chi connectivity index (χ2v) is 7.11. The number of imide groups is 1. The molecule has 1 heterocycles. The van der Waals surface area contributed by atoms with Crippen molar-refractivity contribution in [3.05, 3.63) is 70.2 Å². The molecule has 4 rings (SSSR count). The minimum Gasteiger partial charge on any atom is -0.319 e. The molecule has 2 aromatic rings. The number of nitrogens with zero attached hydrogens (tertiary/aromatic N) is 1. The first-order valence-corrected chi connectivity index (χ1v) is 8.90. The molecule has 0 unspecified atom stereocenters. The second-order valence-electron chi connectivity index (χ2n) is 6.67. The Hall–Kier alpha value is -2.66. The van der Waals surface area contributed by atoms with E-state index in [1.165, 1.54) is 6.07 Å². The average molecular weight is 369 g/mol. The molecule has 1 atom stereocenters. The van der Waals surface area contributed by atoms with Crippen molar-refractivity contribution < 1.29 is 14.4 Å². The van der Waals surface area contributed by atoms with Gasteiger partial charge in [0.2, 0.25) is 0 Å². The number of carbonyl (C=O) groups is 3. The van der Waals surface area contributed by atoms with Crippen LogP contribution in [0.3, 0.4) is 0 Å². The maximum Gasteiger partial charge on any atom is 0.325 e. The van der Waals surface area contributed by atoms with Crippen LogP contribution in [0.1, 0.15) is 34.3 Å². The number of rotatable bonds is 3. The highest BCUT2D eigenvalue weighted by atomic mass is 35.5. The van der Waals surface area contributed by atoms with Gasteiger partial charge in [-0.3, -0.25) is 14.5 Å². The highest BCUT2D eigenvalue weighted by molar-refractivity contribution is 6.31. The molecule has 132 valence electrons.